The maximum Gasteiger partial charge on any atom is 0.251 e. The first-order chi connectivity index (χ1) is 14.2. The highest BCUT2D eigenvalue weighted by molar-refractivity contribution is 5.97. The van der Waals surface area contributed by atoms with Crippen LogP contribution < -0.4 is 15.4 Å². The number of fused-ring (bicyclic) bond motifs is 1. The number of para-hydroxylation sites is 1. The van der Waals surface area contributed by atoms with Crippen LogP contribution in [0.25, 0.3) is 0 Å². The minimum atomic E-state index is -0.0937. The lowest BCUT2D eigenvalue weighted by molar-refractivity contribution is -0.116. The third kappa shape index (κ3) is 4.27. The Balaban J connectivity index is 1.50. The van der Waals surface area contributed by atoms with Crippen molar-refractivity contribution in [2.24, 2.45) is 0 Å². The van der Waals surface area contributed by atoms with E-state index in [9.17, 15) is 9.59 Å². The molecule has 0 spiro atoms. The van der Waals surface area contributed by atoms with Gasteiger partial charge in [-0.25, -0.2) is 0 Å². The van der Waals surface area contributed by atoms with Gasteiger partial charge in [0.15, 0.2) is 0 Å². The Bertz CT molecular complexity index is 906. The summed E-state index contributed by atoms with van der Waals surface area (Å²) in [5.41, 5.74) is 3.55. The molecule has 2 aromatic rings. The van der Waals surface area contributed by atoms with Crippen LogP contribution in [0.4, 0.5) is 5.69 Å². The number of ether oxygens (including phenoxy) is 1. The fourth-order valence-corrected chi connectivity index (χ4v) is 4.25. The first kappa shape index (κ1) is 19.5. The summed E-state index contributed by atoms with van der Waals surface area (Å²) in [5.74, 6) is 0.784. The van der Waals surface area contributed by atoms with E-state index < -0.39 is 0 Å². The molecule has 2 N–H and O–H groups in total. The van der Waals surface area contributed by atoms with Gasteiger partial charge in [-0.15, -0.1) is 0 Å². The predicted octanol–water partition coefficient (Wildman–Crippen LogP) is 3.15. The van der Waals surface area contributed by atoms with E-state index in [1.165, 1.54) is 12.8 Å². The van der Waals surface area contributed by atoms with Crippen LogP contribution in [0.5, 0.6) is 5.75 Å². The topological polar surface area (TPSA) is 70.7 Å². The molecule has 2 amide bonds. The number of rotatable bonds is 6. The number of carbonyl (C=O) groups is 2. The monoisotopic (exact) mass is 393 g/mol. The molecule has 1 fully saturated rings. The number of carbonyl (C=O) groups excluding carboxylic acids is 2. The van der Waals surface area contributed by atoms with E-state index in [2.05, 4.69) is 21.6 Å². The van der Waals surface area contributed by atoms with Crippen molar-refractivity contribution < 1.29 is 14.3 Å². The number of hydrogen-bond acceptors (Lipinski definition) is 4. The largest absolute Gasteiger partial charge is 0.496 e. The zero-order valence-corrected chi connectivity index (χ0v) is 16.7. The number of nitrogens with zero attached hydrogens (tertiary/aromatic N) is 1. The molecular weight excluding hydrogens is 366 g/mol. The highest BCUT2D eigenvalue weighted by atomic mass is 16.5. The van der Waals surface area contributed by atoms with Gasteiger partial charge in [-0.1, -0.05) is 18.2 Å². The van der Waals surface area contributed by atoms with Crippen molar-refractivity contribution in [3.8, 4) is 5.75 Å². The van der Waals surface area contributed by atoms with E-state index in [1.807, 2.05) is 30.3 Å². The van der Waals surface area contributed by atoms with Crippen LogP contribution in [0.2, 0.25) is 0 Å². The van der Waals surface area contributed by atoms with Crippen molar-refractivity contribution in [2.45, 2.75) is 31.7 Å². The van der Waals surface area contributed by atoms with Gasteiger partial charge in [0.1, 0.15) is 5.75 Å². The second kappa shape index (κ2) is 8.66. The molecule has 0 aliphatic carbocycles. The molecule has 1 saturated heterocycles. The van der Waals surface area contributed by atoms with E-state index in [-0.39, 0.29) is 17.9 Å². The molecule has 0 bridgehead atoms. The lowest BCUT2D eigenvalue weighted by Gasteiger charge is -2.29. The van der Waals surface area contributed by atoms with Crippen LogP contribution >= 0.6 is 0 Å². The molecule has 4 rings (SSSR count). The van der Waals surface area contributed by atoms with Crippen LogP contribution in [0.3, 0.4) is 0 Å². The van der Waals surface area contributed by atoms with Crippen molar-refractivity contribution in [2.75, 3.05) is 32.1 Å². The summed E-state index contributed by atoms with van der Waals surface area (Å²) in [6.07, 6.45) is 3.48. The summed E-state index contributed by atoms with van der Waals surface area (Å²) in [7, 11) is 1.68. The zero-order valence-electron chi connectivity index (χ0n) is 16.7. The average Bonchev–Trinajstić information content (AvgIpc) is 3.28. The number of likely N-dealkylation sites (tertiary alicyclic amines) is 1. The summed E-state index contributed by atoms with van der Waals surface area (Å²) in [5, 5.41) is 5.97. The molecule has 0 aromatic heterocycles. The fraction of sp³-hybridized carbons (Fsp3) is 0.391. The summed E-state index contributed by atoms with van der Waals surface area (Å²) in [6.45, 7) is 2.57. The number of hydrogen-bond donors (Lipinski definition) is 2. The number of anilines is 1. The molecule has 6 nitrogen and oxygen atoms in total. The maximum absolute atomic E-state index is 12.9. The Morgan fingerprint density at radius 3 is 2.76 bits per heavy atom. The molecular formula is C23H27N3O3. The van der Waals surface area contributed by atoms with Crippen LogP contribution in [0, 0.1) is 0 Å². The smallest absolute Gasteiger partial charge is 0.251 e. The normalized spacial score (nSPS) is 17.3. The van der Waals surface area contributed by atoms with Gasteiger partial charge in [0.2, 0.25) is 5.91 Å². The molecule has 29 heavy (non-hydrogen) atoms. The first-order valence-corrected chi connectivity index (χ1v) is 10.2. The molecule has 1 atom stereocenters. The quantitative estimate of drug-likeness (QED) is 0.791. The fourth-order valence-electron chi connectivity index (χ4n) is 4.25. The zero-order chi connectivity index (χ0) is 20.2. The van der Waals surface area contributed by atoms with E-state index in [4.69, 9.17) is 4.74 Å². The van der Waals surface area contributed by atoms with Crippen molar-refractivity contribution in [3.05, 3.63) is 59.2 Å². The first-order valence-electron chi connectivity index (χ1n) is 10.2. The molecule has 2 aliphatic heterocycles. The van der Waals surface area contributed by atoms with Gasteiger partial charge < -0.3 is 15.4 Å². The van der Waals surface area contributed by atoms with Crippen LogP contribution in [-0.2, 0) is 11.2 Å². The minimum Gasteiger partial charge on any atom is -0.496 e. The Kier molecular flexibility index (Phi) is 5.81. The van der Waals surface area contributed by atoms with Gasteiger partial charge >= 0.3 is 0 Å². The average molecular weight is 393 g/mol. The SMILES string of the molecule is COc1ccccc1C(CNC(=O)c1ccc2c(c1)CCC(=O)N2)N1CCCC1. The van der Waals surface area contributed by atoms with E-state index in [0.29, 0.717) is 24.9 Å². The van der Waals surface area contributed by atoms with Crippen LogP contribution in [0.1, 0.15) is 46.8 Å². The van der Waals surface area contributed by atoms with Crippen molar-refractivity contribution in [1.82, 2.24) is 10.2 Å². The van der Waals surface area contributed by atoms with Gasteiger partial charge in [0, 0.05) is 29.8 Å². The second-order valence-electron chi connectivity index (χ2n) is 7.63. The number of amides is 2. The standard InChI is InChI=1S/C23H27N3O3/c1-29-21-7-3-2-6-18(21)20(26-12-4-5-13-26)15-24-23(28)17-8-10-19-16(14-17)9-11-22(27)25-19/h2-3,6-8,10,14,20H,4-5,9,11-13,15H2,1H3,(H,24,28)(H,25,27). The third-order valence-corrected chi connectivity index (χ3v) is 5.80. The molecule has 6 heteroatoms. The lowest BCUT2D eigenvalue weighted by Crippen LogP contribution is -2.37. The van der Waals surface area contributed by atoms with Gasteiger partial charge in [0.05, 0.1) is 13.2 Å². The van der Waals surface area contributed by atoms with Crippen molar-refractivity contribution in [1.29, 1.82) is 0 Å². The summed E-state index contributed by atoms with van der Waals surface area (Å²) >= 11 is 0. The Morgan fingerprint density at radius 1 is 1.17 bits per heavy atom. The molecule has 2 aromatic carbocycles. The van der Waals surface area contributed by atoms with E-state index in [1.54, 1.807) is 13.2 Å². The Labute approximate surface area is 171 Å². The molecule has 2 aliphatic rings. The predicted molar refractivity (Wildman–Crippen MR) is 112 cm³/mol. The summed E-state index contributed by atoms with van der Waals surface area (Å²) in [4.78, 5) is 26.8. The number of benzene rings is 2. The minimum absolute atomic E-state index is 0.0277. The van der Waals surface area contributed by atoms with Gasteiger partial charge in [0.25, 0.3) is 5.91 Å². The van der Waals surface area contributed by atoms with Gasteiger partial charge in [-0.3, -0.25) is 14.5 Å². The molecule has 1 unspecified atom stereocenters. The highest BCUT2D eigenvalue weighted by Crippen LogP contribution is 2.31. The maximum atomic E-state index is 12.9. The van der Waals surface area contributed by atoms with E-state index >= 15 is 0 Å². The van der Waals surface area contributed by atoms with Crippen LogP contribution in [-0.4, -0.2) is 43.5 Å². The van der Waals surface area contributed by atoms with Gasteiger partial charge in [-0.05, 0) is 62.2 Å². The van der Waals surface area contributed by atoms with Gasteiger partial charge in [-0.2, -0.15) is 0 Å². The number of nitrogens with one attached hydrogen (secondary N) is 2. The molecule has 0 radical (unpaired) electrons. The van der Waals surface area contributed by atoms with Crippen molar-refractivity contribution >= 4 is 17.5 Å². The summed E-state index contributed by atoms with van der Waals surface area (Å²) < 4.78 is 5.57. The molecule has 2 heterocycles. The number of aryl methyl sites for hydroxylation is 1. The van der Waals surface area contributed by atoms with Crippen LogP contribution in [0.15, 0.2) is 42.5 Å². The molecule has 0 saturated carbocycles. The summed E-state index contributed by atoms with van der Waals surface area (Å²) in [6, 6.07) is 13.6. The third-order valence-electron chi connectivity index (χ3n) is 5.80. The number of methoxy groups -OCH3 is 1. The van der Waals surface area contributed by atoms with Crippen molar-refractivity contribution in [3.63, 3.8) is 0 Å². The Hall–Kier alpha value is -2.86. The second-order valence-corrected chi connectivity index (χ2v) is 7.63. The highest BCUT2D eigenvalue weighted by Gasteiger charge is 2.26. The van der Waals surface area contributed by atoms with E-state index in [0.717, 1.165) is 35.7 Å². The molecule has 152 valence electrons. The Morgan fingerprint density at radius 2 is 1.97 bits per heavy atom. The lowest BCUT2D eigenvalue weighted by atomic mass is 10.00.